The lowest BCUT2D eigenvalue weighted by Gasteiger charge is -2.29. The fourth-order valence-electron chi connectivity index (χ4n) is 5.02. The molecule has 2 atom stereocenters. The summed E-state index contributed by atoms with van der Waals surface area (Å²) in [5.41, 5.74) is 1.49. The second-order valence-electron chi connectivity index (χ2n) is 11.9. The van der Waals surface area contributed by atoms with E-state index in [9.17, 15) is 23.1 Å². The van der Waals surface area contributed by atoms with Gasteiger partial charge in [0.1, 0.15) is 11.4 Å². The first-order valence-corrected chi connectivity index (χ1v) is 17.6. The van der Waals surface area contributed by atoms with Crippen molar-refractivity contribution in [3.63, 3.8) is 0 Å². The molecule has 0 fully saturated rings. The van der Waals surface area contributed by atoms with E-state index >= 15 is 0 Å². The van der Waals surface area contributed by atoms with Crippen molar-refractivity contribution in [2.75, 3.05) is 44.4 Å². The third kappa shape index (κ3) is 11.1. The van der Waals surface area contributed by atoms with E-state index in [0.29, 0.717) is 12.3 Å². The summed E-state index contributed by atoms with van der Waals surface area (Å²) in [5, 5.41) is 20.6. The summed E-state index contributed by atoms with van der Waals surface area (Å²) in [4.78, 5) is 27.0. The number of anilines is 1. The topological polar surface area (TPSA) is 146 Å². The van der Waals surface area contributed by atoms with Gasteiger partial charge in [-0.3, -0.25) is 13.9 Å². The first kappa shape index (κ1) is 37.1. The summed E-state index contributed by atoms with van der Waals surface area (Å²) in [6, 6.07) is 30.3. The molecule has 0 bridgehead atoms. The van der Waals surface area contributed by atoms with Crippen LogP contribution in [0.4, 0.5) is 5.69 Å². The lowest BCUT2D eigenvalue weighted by Crippen LogP contribution is -2.52. The fourth-order valence-corrected chi connectivity index (χ4v) is 5.51. The number of benzene rings is 4. The number of nitrogens with one attached hydrogen (secondary N) is 3. The molecule has 0 spiro atoms. The van der Waals surface area contributed by atoms with Crippen LogP contribution in [0.2, 0.25) is 0 Å². The van der Waals surface area contributed by atoms with Crippen LogP contribution in [-0.2, 0) is 27.9 Å². The second kappa shape index (κ2) is 17.1. The molecule has 4 aromatic carbocycles. The zero-order valence-corrected chi connectivity index (χ0v) is 29.0. The van der Waals surface area contributed by atoms with Gasteiger partial charge in [0.05, 0.1) is 44.9 Å². The van der Waals surface area contributed by atoms with Crippen LogP contribution in [0.15, 0.2) is 103 Å². The zero-order chi connectivity index (χ0) is 35.4. The van der Waals surface area contributed by atoms with Gasteiger partial charge < -0.3 is 30.5 Å². The molecule has 4 aromatic rings. The lowest BCUT2D eigenvalue weighted by molar-refractivity contribution is -0.0482. The van der Waals surface area contributed by atoms with Gasteiger partial charge in [-0.1, -0.05) is 72.8 Å². The number of ether oxygens (including phenoxy) is 2. The van der Waals surface area contributed by atoms with Gasteiger partial charge in [-0.2, -0.15) is 0 Å². The number of methoxy groups -OCH3 is 1. The van der Waals surface area contributed by atoms with Crippen LogP contribution in [0.5, 0.6) is 5.75 Å². The monoisotopic (exact) mass is 688 g/mol. The van der Waals surface area contributed by atoms with Crippen LogP contribution in [0.25, 0.3) is 0 Å². The molecular formula is C37H44N4O7S. The third-order valence-electron chi connectivity index (χ3n) is 7.93. The minimum absolute atomic E-state index is 0.0439. The van der Waals surface area contributed by atoms with E-state index in [1.165, 1.54) is 25.2 Å². The number of carbonyl (C=O) groups excluding carboxylic acids is 2. The first-order chi connectivity index (χ1) is 23.4. The first-order valence-electron chi connectivity index (χ1n) is 15.8. The van der Waals surface area contributed by atoms with Crippen molar-refractivity contribution in [3.8, 4) is 5.75 Å². The van der Waals surface area contributed by atoms with Gasteiger partial charge in [-0.25, -0.2) is 8.42 Å². The molecule has 0 saturated carbocycles. The number of hydrogen-bond acceptors (Lipinski definition) is 8. The Hall–Kier alpha value is -4.75. The molecule has 0 aromatic heterocycles. The highest BCUT2D eigenvalue weighted by Crippen LogP contribution is 2.22. The highest BCUT2D eigenvalue weighted by atomic mass is 32.2. The van der Waals surface area contributed by atoms with E-state index < -0.39 is 27.4 Å². The fraction of sp³-hybridized carbons (Fsp3) is 0.297. The van der Waals surface area contributed by atoms with Gasteiger partial charge in [0, 0.05) is 31.3 Å². The van der Waals surface area contributed by atoms with E-state index in [1.807, 2.05) is 91.9 Å². The highest BCUT2D eigenvalue weighted by Gasteiger charge is 2.29. The summed E-state index contributed by atoms with van der Waals surface area (Å²) in [6.07, 6.45) is 1.03. The molecular weight excluding hydrogens is 644 g/mol. The number of sulfonamides is 1. The molecule has 0 aliphatic rings. The maximum absolute atomic E-state index is 13.6. The highest BCUT2D eigenvalue weighted by molar-refractivity contribution is 7.92. The quantitative estimate of drug-likeness (QED) is 0.130. The van der Waals surface area contributed by atoms with Crippen molar-refractivity contribution in [1.29, 1.82) is 0 Å². The predicted octanol–water partition coefficient (Wildman–Crippen LogP) is 4.05. The Balaban J connectivity index is 1.52. The number of nitrogens with zero attached hydrogens (tertiary/aromatic N) is 1. The zero-order valence-electron chi connectivity index (χ0n) is 28.2. The maximum atomic E-state index is 13.6. The standard InChI is InChI=1S/C37H44N4O7S/c1-27(30-15-9-6-10-16-30)40-36(43)32-19-31(20-33(21-32)41(2)49(4,45)46)35(42)39-25-37(44,26-48-23-28-12-7-5-8-13-28)24-38-22-29-14-11-17-34(18-29)47-3/h5-21,27,38,44H,22-26H2,1-4H3,(H,39,42)(H,40,43)/t27-,37?/m1/s1. The number of hydrogen-bond donors (Lipinski definition) is 4. The molecule has 0 heterocycles. The molecule has 2 amide bonds. The van der Waals surface area contributed by atoms with Crippen molar-refractivity contribution in [1.82, 2.24) is 16.0 Å². The molecule has 49 heavy (non-hydrogen) atoms. The van der Waals surface area contributed by atoms with Crippen LogP contribution in [0, 0.1) is 0 Å². The SMILES string of the molecule is COc1cccc(CNCC(O)(CNC(=O)c2cc(C(=O)N[C@H](C)c3ccccc3)cc(N(C)S(C)(=O)=O)c2)COCc2ccccc2)c1. The summed E-state index contributed by atoms with van der Waals surface area (Å²) >= 11 is 0. The molecule has 0 saturated heterocycles. The van der Waals surface area contributed by atoms with Crippen molar-refractivity contribution >= 4 is 27.5 Å². The minimum Gasteiger partial charge on any atom is -0.497 e. The van der Waals surface area contributed by atoms with Crippen LogP contribution < -0.4 is 25.0 Å². The molecule has 12 heteroatoms. The molecule has 0 aliphatic heterocycles. The van der Waals surface area contributed by atoms with Crippen molar-refractivity contribution in [2.24, 2.45) is 0 Å². The van der Waals surface area contributed by atoms with Gasteiger partial charge in [-0.15, -0.1) is 0 Å². The maximum Gasteiger partial charge on any atom is 0.251 e. The Bertz CT molecular complexity index is 1810. The average Bonchev–Trinajstić information content (AvgIpc) is 3.10. The minimum atomic E-state index is -3.72. The Morgan fingerprint density at radius 2 is 1.49 bits per heavy atom. The Morgan fingerprint density at radius 1 is 0.857 bits per heavy atom. The second-order valence-corrected chi connectivity index (χ2v) is 14.0. The smallest absolute Gasteiger partial charge is 0.251 e. The summed E-state index contributed by atoms with van der Waals surface area (Å²) in [7, 11) is -0.781. The predicted molar refractivity (Wildman–Crippen MR) is 190 cm³/mol. The number of rotatable bonds is 17. The largest absolute Gasteiger partial charge is 0.497 e. The van der Waals surface area contributed by atoms with Crippen molar-refractivity contribution < 1.29 is 32.6 Å². The van der Waals surface area contributed by atoms with Gasteiger partial charge in [0.25, 0.3) is 11.8 Å². The van der Waals surface area contributed by atoms with E-state index in [-0.39, 0.29) is 49.2 Å². The van der Waals surface area contributed by atoms with E-state index in [2.05, 4.69) is 16.0 Å². The summed E-state index contributed by atoms with van der Waals surface area (Å²) < 4.78 is 37.0. The Kier molecular flexibility index (Phi) is 12.9. The Morgan fingerprint density at radius 3 is 2.14 bits per heavy atom. The molecule has 260 valence electrons. The molecule has 1 unspecified atom stereocenters. The van der Waals surface area contributed by atoms with E-state index in [0.717, 1.165) is 27.3 Å². The van der Waals surface area contributed by atoms with Crippen LogP contribution >= 0.6 is 0 Å². The number of amides is 2. The summed E-state index contributed by atoms with van der Waals surface area (Å²) in [6.45, 7) is 2.27. The molecule has 4 rings (SSSR count). The summed E-state index contributed by atoms with van der Waals surface area (Å²) in [5.74, 6) is -0.385. The molecule has 0 radical (unpaired) electrons. The van der Waals surface area contributed by atoms with Crippen molar-refractivity contribution in [2.45, 2.75) is 31.7 Å². The number of aliphatic hydroxyl groups is 1. The van der Waals surface area contributed by atoms with Gasteiger partial charge in [-0.05, 0) is 53.9 Å². The molecule has 4 N–H and O–H groups in total. The van der Waals surface area contributed by atoms with Gasteiger partial charge in [0.2, 0.25) is 10.0 Å². The van der Waals surface area contributed by atoms with E-state index in [4.69, 9.17) is 9.47 Å². The van der Waals surface area contributed by atoms with Gasteiger partial charge >= 0.3 is 0 Å². The lowest BCUT2D eigenvalue weighted by atomic mass is 10.0. The van der Waals surface area contributed by atoms with Gasteiger partial charge in [0.15, 0.2) is 0 Å². The normalized spacial score (nSPS) is 13.2. The molecule has 11 nitrogen and oxygen atoms in total. The average molecular weight is 689 g/mol. The Labute approximate surface area is 288 Å². The third-order valence-corrected chi connectivity index (χ3v) is 9.13. The van der Waals surface area contributed by atoms with Crippen LogP contribution in [0.3, 0.4) is 0 Å². The van der Waals surface area contributed by atoms with Crippen LogP contribution in [0.1, 0.15) is 50.4 Å². The molecule has 0 aliphatic carbocycles. The van der Waals surface area contributed by atoms with Crippen molar-refractivity contribution in [3.05, 3.63) is 131 Å². The number of carbonyl (C=O) groups is 2. The van der Waals surface area contributed by atoms with Crippen LogP contribution in [-0.4, -0.2) is 71.0 Å². The van der Waals surface area contributed by atoms with E-state index in [1.54, 1.807) is 7.11 Å².